The number of benzene rings is 1. The van der Waals surface area contributed by atoms with Crippen molar-refractivity contribution in [3.8, 4) is 0 Å². The van der Waals surface area contributed by atoms with Crippen molar-refractivity contribution >= 4 is 17.7 Å². The van der Waals surface area contributed by atoms with Crippen molar-refractivity contribution in [1.29, 1.82) is 0 Å². The van der Waals surface area contributed by atoms with Gasteiger partial charge in [-0.2, -0.15) is 0 Å². The van der Waals surface area contributed by atoms with Crippen LogP contribution in [0.5, 0.6) is 0 Å². The van der Waals surface area contributed by atoms with Gasteiger partial charge in [-0.15, -0.1) is 0 Å². The summed E-state index contributed by atoms with van der Waals surface area (Å²) in [6, 6.07) is 6.23. The number of halogens is 1. The third-order valence-electron chi connectivity index (χ3n) is 6.43. The van der Waals surface area contributed by atoms with Gasteiger partial charge in [-0.1, -0.05) is 24.3 Å². The molecule has 4 atom stereocenters. The highest BCUT2D eigenvalue weighted by Crippen LogP contribution is 2.52. The van der Waals surface area contributed by atoms with Gasteiger partial charge in [0.2, 0.25) is 17.7 Å². The van der Waals surface area contributed by atoms with E-state index in [9.17, 15) is 18.8 Å². The van der Waals surface area contributed by atoms with E-state index in [4.69, 9.17) is 0 Å². The normalized spacial score (nSPS) is 30.9. The van der Waals surface area contributed by atoms with Gasteiger partial charge in [0.25, 0.3) is 0 Å². The summed E-state index contributed by atoms with van der Waals surface area (Å²) in [5.41, 5.74) is 0.842. The number of carbonyl (C=O) groups is 3. The van der Waals surface area contributed by atoms with E-state index in [2.05, 4.69) is 0 Å². The van der Waals surface area contributed by atoms with E-state index in [1.54, 1.807) is 17.0 Å². The van der Waals surface area contributed by atoms with Gasteiger partial charge >= 0.3 is 0 Å². The molecule has 1 aromatic rings. The van der Waals surface area contributed by atoms with Crippen molar-refractivity contribution in [2.75, 3.05) is 6.54 Å². The Bertz CT molecular complexity index is 815. The SMILES string of the molecule is O=C1[C@H]2[C@H](C(=O)N1CC(=O)N(Cc1ccc(F)cc1)C1CC1)[C@H]1C=C[C@H]2C1. The molecule has 140 valence electrons. The second kappa shape index (κ2) is 6.01. The zero-order valence-electron chi connectivity index (χ0n) is 14.9. The lowest BCUT2D eigenvalue weighted by molar-refractivity contribution is -0.147. The van der Waals surface area contributed by atoms with Crippen LogP contribution in [0.15, 0.2) is 36.4 Å². The number of imide groups is 1. The summed E-state index contributed by atoms with van der Waals surface area (Å²) >= 11 is 0. The number of allylic oxidation sites excluding steroid dienone is 2. The zero-order chi connectivity index (χ0) is 18.7. The van der Waals surface area contributed by atoms with Gasteiger partial charge in [0.05, 0.1) is 11.8 Å². The van der Waals surface area contributed by atoms with Crippen molar-refractivity contribution < 1.29 is 18.8 Å². The predicted molar refractivity (Wildman–Crippen MR) is 94.4 cm³/mol. The molecule has 1 aromatic carbocycles. The molecule has 0 spiro atoms. The van der Waals surface area contributed by atoms with Gasteiger partial charge in [0.1, 0.15) is 12.4 Å². The standard InChI is InChI=1S/C21H21FN2O3/c22-15-5-1-12(2-6-15)10-23(16-7-8-16)17(25)11-24-20(26)18-13-3-4-14(9-13)19(18)21(24)27/h1-6,13-14,16,18-19H,7-11H2/t13-,14-,18+,19+/m0/s1. The summed E-state index contributed by atoms with van der Waals surface area (Å²) < 4.78 is 13.1. The Labute approximate surface area is 156 Å². The fourth-order valence-corrected chi connectivity index (χ4v) is 4.94. The van der Waals surface area contributed by atoms with Gasteiger partial charge in [0, 0.05) is 12.6 Å². The van der Waals surface area contributed by atoms with Gasteiger partial charge in [0.15, 0.2) is 0 Å². The first-order valence-electron chi connectivity index (χ1n) is 9.60. The molecule has 2 saturated carbocycles. The summed E-state index contributed by atoms with van der Waals surface area (Å²) in [5, 5.41) is 0. The molecule has 1 saturated heterocycles. The van der Waals surface area contributed by atoms with Crippen LogP contribution in [0, 0.1) is 29.5 Å². The number of hydrogen-bond acceptors (Lipinski definition) is 3. The van der Waals surface area contributed by atoms with Crippen LogP contribution in [0.1, 0.15) is 24.8 Å². The average molecular weight is 368 g/mol. The highest BCUT2D eigenvalue weighted by Gasteiger charge is 2.59. The summed E-state index contributed by atoms with van der Waals surface area (Å²) in [7, 11) is 0. The van der Waals surface area contributed by atoms with Crippen molar-refractivity contribution in [2.24, 2.45) is 23.7 Å². The lowest BCUT2D eigenvalue weighted by atomic mass is 9.85. The smallest absolute Gasteiger partial charge is 0.243 e. The average Bonchev–Trinajstić information content (AvgIpc) is 3.21. The van der Waals surface area contributed by atoms with Crippen LogP contribution >= 0.6 is 0 Å². The van der Waals surface area contributed by atoms with Gasteiger partial charge in [-0.3, -0.25) is 19.3 Å². The Morgan fingerprint density at radius 3 is 2.19 bits per heavy atom. The van der Waals surface area contributed by atoms with Crippen LogP contribution in [0.3, 0.4) is 0 Å². The molecule has 0 aromatic heterocycles. The molecule has 5 nitrogen and oxygen atoms in total. The van der Waals surface area contributed by atoms with Crippen molar-refractivity contribution in [2.45, 2.75) is 31.8 Å². The van der Waals surface area contributed by atoms with Gasteiger partial charge in [-0.25, -0.2) is 4.39 Å². The zero-order valence-corrected chi connectivity index (χ0v) is 14.9. The van der Waals surface area contributed by atoms with E-state index in [1.165, 1.54) is 17.0 Å². The maximum atomic E-state index is 13.1. The number of likely N-dealkylation sites (tertiary alicyclic amines) is 1. The molecule has 0 N–H and O–H groups in total. The first-order valence-corrected chi connectivity index (χ1v) is 9.60. The van der Waals surface area contributed by atoms with Crippen LogP contribution in [0.4, 0.5) is 4.39 Å². The molecule has 1 heterocycles. The minimum atomic E-state index is -0.314. The molecule has 3 aliphatic carbocycles. The Balaban J connectivity index is 1.31. The summed E-state index contributed by atoms with van der Waals surface area (Å²) in [5.74, 6) is -1.14. The molecule has 4 aliphatic rings. The van der Waals surface area contributed by atoms with Crippen molar-refractivity contribution in [3.63, 3.8) is 0 Å². The second-order valence-electron chi connectivity index (χ2n) is 8.14. The first kappa shape index (κ1) is 16.7. The fraction of sp³-hybridized carbons (Fsp3) is 0.476. The van der Waals surface area contributed by atoms with Gasteiger partial charge < -0.3 is 4.90 Å². The van der Waals surface area contributed by atoms with Crippen molar-refractivity contribution in [1.82, 2.24) is 9.80 Å². The lowest BCUT2D eigenvalue weighted by Gasteiger charge is -2.25. The molecule has 3 amide bonds. The Morgan fingerprint density at radius 1 is 1.04 bits per heavy atom. The second-order valence-corrected chi connectivity index (χ2v) is 8.14. The predicted octanol–water partition coefficient (Wildman–Crippen LogP) is 2.12. The minimum absolute atomic E-state index is 0.146. The van der Waals surface area contributed by atoms with Crippen LogP contribution in [-0.4, -0.2) is 40.1 Å². The summed E-state index contributed by atoms with van der Waals surface area (Å²) in [6.45, 7) is 0.196. The molecule has 0 radical (unpaired) electrons. The molecular formula is C21H21FN2O3. The molecule has 5 rings (SSSR count). The third kappa shape index (κ3) is 2.69. The first-order chi connectivity index (χ1) is 13.0. The van der Waals surface area contributed by atoms with Crippen LogP contribution in [0.2, 0.25) is 0 Å². The molecule has 0 unspecified atom stereocenters. The number of carbonyl (C=O) groups excluding carboxylic acids is 3. The molecular weight excluding hydrogens is 347 g/mol. The van der Waals surface area contributed by atoms with E-state index in [0.29, 0.717) is 6.54 Å². The number of fused-ring (bicyclic) bond motifs is 5. The largest absolute Gasteiger partial charge is 0.334 e. The Morgan fingerprint density at radius 2 is 1.63 bits per heavy atom. The quantitative estimate of drug-likeness (QED) is 0.591. The molecule has 27 heavy (non-hydrogen) atoms. The van der Waals surface area contributed by atoms with E-state index in [0.717, 1.165) is 24.8 Å². The monoisotopic (exact) mass is 368 g/mol. The summed E-state index contributed by atoms with van der Waals surface area (Å²) in [4.78, 5) is 41.4. The van der Waals surface area contributed by atoms with E-state index in [-0.39, 0.29) is 59.8 Å². The van der Waals surface area contributed by atoms with E-state index < -0.39 is 0 Å². The number of amides is 3. The molecule has 6 heteroatoms. The maximum absolute atomic E-state index is 13.1. The molecule has 3 fully saturated rings. The number of rotatable bonds is 5. The van der Waals surface area contributed by atoms with Crippen LogP contribution in [-0.2, 0) is 20.9 Å². The fourth-order valence-electron chi connectivity index (χ4n) is 4.94. The Kier molecular flexibility index (Phi) is 3.71. The van der Waals surface area contributed by atoms with E-state index in [1.807, 2.05) is 12.2 Å². The summed E-state index contributed by atoms with van der Waals surface area (Å²) in [6.07, 6.45) is 6.83. The topological polar surface area (TPSA) is 57.7 Å². The highest BCUT2D eigenvalue weighted by atomic mass is 19.1. The number of nitrogens with zero attached hydrogens (tertiary/aromatic N) is 2. The lowest BCUT2D eigenvalue weighted by Crippen LogP contribution is -2.44. The number of hydrogen-bond donors (Lipinski definition) is 0. The highest BCUT2D eigenvalue weighted by molar-refractivity contribution is 6.08. The molecule has 2 bridgehead atoms. The van der Waals surface area contributed by atoms with Crippen molar-refractivity contribution in [3.05, 3.63) is 47.8 Å². The minimum Gasteiger partial charge on any atom is -0.334 e. The molecule has 1 aliphatic heterocycles. The van der Waals surface area contributed by atoms with Crippen LogP contribution < -0.4 is 0 Å². The Hall–Kier alpha value is -2.50. The maximum Gasteiger partial charge on any atom is 0.243 e. The van der Waals surface area contributed by atoms with Gasteiger partial charge in [-0.05, 0) is 48.8 Å². The van der Waals surface area contributed by atoms with E-state index >= 15 is 0 Å². The van der Waals surface area contributed by atoms with Crippen LogP contribution in [0.25, 0.3) is 0 Å². The third-order valence-corrected chi connectivity index (χ3v) is 6.43.